The van der Waals surface area contributed by atoms with Crippen molar-refractivity contribution < 1.29 is 9.84 Å². The minimum atomic E-state index is -0.331. The number of benzene rings is 2. The number of aromatic nitrogens is 2. The largest absolute Gasteiger partial charge is 0.493 e. The van der Waals surface area contributed by atoms with Crippen molar-refractivity contribution in [1.29, 1.82) is 0 Å². The van der Waals surface area contributed by atoms with Gasteiger partial charge in [0.1, 0.15) is 5.75 Å². The van der Waals surface area contributed by atoms with Crippen molar-refractivity contribution in [2.75, 3.05) is 12.4 Å². The van der Waals surface area contributed by atoms with Crippen LogP contribution < -0.4 is 10.3 Å². The maximum absolute atomic E-state index is 12.2. The van der Waals surface area contributed by atoms with Gasteiger partial charge in [-0.1, -0.05) is 53.7 Å². The van der Waals surface area contributed by atoms with E-state index in [-0.39, 0.29) is 17.0 Å². The molecule has 0 amide bonds. The number of thioether (sulfide) groups is 1. The van der Waals surface area contributed by atoms with Crippen molar-refractivity contribution in [1.82, 2.24) is 9.97 Å². The average molecular weight is 389 g/mol. The second kappa shape index (κ2) is 8.78. The van der Waals surface area contributed by atoms with Gasteiger partial charge in [-0.2, -0.15) is 4.98 Å². The van der Waals surface area contributed by atoms with E-state index in [9.17, 15) is 9.90 Å². The van der Waals surface area contributed by atoms with Crippen molar-refractivity contribution in [2.24, 2.45) is 0 Å². The van der Waals surface area contributed by atoms with Gasteiger partial charge < -0.3 is 14.8 Å². The molecule has 2 aromatic carbocycles. The van der Waals surface area contributed by atoms with Gasteiger partial charge in [-0.25, -0.2) is 0 Å². The van der Waals surface area contributed by atoms with Crippen molar-refractivity contribution in [3.8, 4) is 11.6 Å². The zero-order chi connectivity index (χ0) is 18.4. The summed E-state index contributed by atoms with van der Waals surface area (Å²) in [5.74, 6) is 1.06. The van der Waals surface area contributed by atoms with Crippen LogP contribution >= 0.6 is 23.4 Å². The fraction of sp³-hybridized carbons (Fsp3) is 0.158. The fourth-order valence-corrected chi connectivity index (χ4v) is 3.12. The lowest BCUT2D eigenvalue weighted by molar-refractivity contribution is 0.344. The molecular weight excluding hydrogens is 372 g/mol. The van der Waals surface area contributed by atoms with Gasteiger partial charge >= 0.3 is 0 Å². The summed E-state index contributed by atoms with van der Waals surface area (Å²) in [5.41, 5.74) is 0.868. The number of hydrogen-bond acceptors (Lipinski definition) is 5. The summed E-state index contributed by atoms with van der Waals surface area (Å²) in [4.78, 5) is 19.0. The molecule has 0 aliphatic heterocycles. The van der Waals surface area contributed by atoms with Crippen molar-refractivity contribution in [3.05, 3.63) is 81.1 Å². The van der Waals surface area contributed by atoms with E-state index in [1.54, 1.807) is 24.3 Å². The molecule has 3 rings (SSSR count). The van der Waals surface area contributed by atoms with Gasteiger partial charge in [-0.15, -0.1) is 0 Å². The molecule has 0 saturated heterocycles. The molecule has 0 unspecified atom stereocenters. The lowest BCUT2D eigenvalue weighted by Gasteiger charge is -2.07. The molecule has 2 N–H and O–H groups in total. The Morgan fingerprint density at radius 2 is 1.85 bits per heavy atom. The SMILES string of the molecule is O=c1[nH]c(SCCOc2ccc(Cl)cc2)nc(O)c1Cc1ccccc1. The molecule has 0 aliphatic rings. The highest BCUT2D eigenvalue weighted by Gasteiger charge is 2.11. The molecular formula is C19H17ClN2O3S. The first-order valence-corrected chi connectivity index (χ1v) is 9.35. The first-order valence-electron chi connectivity index (χ1n) is 7.99. The van der Waals surface area contributed by atoms with E-state index in [1.807, 2.05) is 30.3 Å². The maximum atomic E-state index is 12.2. The number of halogens is 1. The van der Waals surface area contributed by atoms with Gasteiger partial charge in [-0.05, 0) is 29.8 Å². The number of nitrogens with one attached hydrogen (secondary N) is 1. The van der Waals surface area contributed by atoms with Crippen LogP contribution in [0.15, 0.2) is 64.5 Å². The molecule has 0 fully saturated rings. The zero-order valence-electron chi connectivity index (χ0n) is 13.8. The van der Waals surface area contributed by atoms with Crippen molar-refractivity contribution in [3.63, 3.8) is 0 Å². The van der Waals surface area contributed by atoms with Gasteiger partial charge in [0.15, 0.2) is 5.16 Å². The summed E-state index contributed by atoms with van der Waals surface area (Å²) < 4.78 is 5.58. The van der Waals surface area contributed by atoms with E-state index in [1.165, 1.54) is 11.8 Å². The van der Waals surface area contributed by atoms with E-state index >= 15 is 0 Å². The van der Waals surface area contributed by atoms with Gasteiger partial charge in [0.25, 0.3) is 5.56 Å². The average Bonchev–Trinajstić information content (AvgIpc) is 2.64. The Labute approximate surface area is 160 Å². The molecule has 0 bridgehead atoms. The molecule has 3 aromatic rings. The number of hydrogen-bond donors (Lipinski definition) is 2. The number of nitrogens with zero attached hydrogens (tertiary/aromatic N) is 1. The van der Waals surface area contributed by atoms with E-state index in [0.717, 1.165) is 11.3 Å². The second-order valence-electron chi connectivity index (χ2n) is 5.49. The predicted molar refractivity (Wildman–Crippen MR) is 103 cm³/mol. The Hall–Kier alpha value is -2.44. The molecule has 1 aromatic heterocycles. The topological polar surface area (TPSA) is 75.2 Å². The number of H-pyrrole nitrogens is 1. The normalized spacial score (nSPS) is 10.7. The van der Waals surface area contributed by atoms with Gasteiger partial charge in [0, 0.05) is 17.2 Å². The minimum absolute atomic E-state index is 0.237. The third kappa shape index (κ3) is 5.03. The van der Waals surface area contributed by atoms with Crippen LogP contribution in [0.5, 0.6) is 11.6 Å². The first kappa shape index (κ1) is 18.4. The number of rotatable bonds is 7. The number of aromatic amines is 1. The molecule has 134 valence electrons. The Balaban J connectivity index is 1.57. The molecule has 1 heterocycles. The van der Waals surface area contributed by atoms with E-state index in [4.69, 9.17) is 16.3 Å². The van der Waals surface area contributed by atoms with Gasteiger partial charge in [0.05, 0.1) is 12.2 Å². The molecule has 0 radical (unpaired) electrons. The van der Waals surface area contributed by atoms with Crippen LogP contribution in [0.25, 0.3) is 0 Å². The number of ether oxygens (including phenoxy) is 1. The van der Waals surface area contributed by atoms with Crippen LogP contribution in [-0.4, -0.2) is 27.4 Å². The lowest BCUT2D eigenvalue weighted by Crippen LogP contribution is -2.16. The Bertz CT molecular complexity index is 914. The second-order valence-corrected chi connectivity index (χ2v) is 7.01. The van der Waals surface area contributed by atoms with Gasteiger partial charge in [-0.3, -0.25) is 4.79 Å². The van der Waals surface area contributed by atoms with E-state index < -0.39 is 0 Å². The third-order valence-electron chi connectivity index (χ3n) is 3.60. The molecule has 26 heavy (non-hydrogen) atoms. The molecule has 0 atom stereocenters. The highest BCUT2D eigenvalue weighted by molar-refractivity contribution is 7.99. The summed E-state index contributed by atoms with van der Waals surface area (Å²) >= 11 is 7.13. The van der Waals surface area contributed by atoms with Crippen LogP contribution in [-0.2, 0) is 6.42 Å². The molecule has 7 heteroatoms. The van der Waals surface area contributed by atoms with Crippen LogP contribution in [0.3, 0.4) is 0 Å². The summed E-state index contributed by atoms with van der Waals surface area (Å²) in [5, 5.41) is 11.1. The van der Waals surface area contributed by atoms with Gasteiger partial charge in [0.2, 0.25) is 5.88 Å². The Morgan fingerprint density at radius 3 is 2.54 bits per heavy atom. The monoisotopic (exact) mass is 388 g/mol. The maximum Gasteiger partial charge on any atom is 0.258 e. The quantitative estimate of drug-likeness (QED) is 0.365. The summed E-state index contributed by atoms with van der Waals surface area (Å²) in [7, 11) is 0. The fourth-order valence-electron chi connectivity index (χ4n) is 2.32. The van der Waals surface area contributed by atoms with Crippen LogP contribution in [0, 0.1) is 0 Å². The van der Waals surface area contributed by atoms with E-state index in [2.05, 4.69) is 9.97 Å². The third-order valence-corrected chi connectivity index (χ3v) is 4.69. The molecule has 0 aliphatic carbocycles. The molecule has 0 saturated carbocycles. The smallest absolute Gasteiger partial charge is 0.258 e. The number of aromatic hydroxyl groups is 1. The highest BCUT2D eigenvalue weighted by atomic mass is 35.5. The standard InChI is InChI=1S/C19H17ClN2O3S/c20-14-6-8-15(9-7-14)25-10-11-26-19-21-17(23)16(18(24)22-19)12-13-4-2-1-3-5-13/h1-9H,10-12H2,(H2,21,22,23,24). The molecule has 0 spiro atoms. The van der Waals surface area contributed by atoms with Crippen LogP contribution in [0.4, 0.5) is 0 Å². The van der Waals surface area contributed by atoms with Crippen molar-refractivity contribution in [2.45, 2.75) is 11.6 Å². The van der Waals surface area contributed by atoms with E-state index in [0.29, 0.717) is 29.0 Å². The molecule has 5 nitrogen and oxygen atoms in total. The summed E-state index contributed by atoms with van der Waals surface area (Å²) in [6.07, 6.45) is 0.333. The summed E-state index contributed by atoms with van der Waals surface area (Å²) in [6, 6.07) is 16.6. The Morgan fingerprint density at radius 1 is 1.12 bits per heavy atom. The van der Waals surface area contributed by atoms with Crippen LogP contribution in [0.2, 0.25) is 5.02 Å². The first-order chi connectivity index (χ1) is 12.6. The Kier molecular flexibility index (Phi) is 6.20. The van der Waals surface area contributed by atoms with Crippen molar-refractivity contribution >= 4 is 23.4 Å². The van der Waals surface area contributed by atoms with Crippen LogP contribution in [0.1, 0.15) is 11.1 Å². The zero-order valence-corrected chi connectivity index (χ0v) is 15.4. The summed E-state index contributed by atoms with van der Waals surface area (Å²) in [6.45, 7) is 0.433. The minimum Gasteiger partial charge on any atom is -0.493 e. The highest BCUT2D eigenvalue weighted by Crippen LogP contribution is 2.20. The lowest BCUT2D eigenvalue weighted by atomic mass is 10.1. The predicted octanol–water partition coefficient (Wildman–Crippen LogP) is 3.89.